The number of nitrogens with zero attached hydrogens (tertiary/aromatic N) is 3. The second kappa shape index (κ2) is 37.1. The lowest BCUT2D eigenvalue weighted by Crippen LogP contribution is -2.62. The standard InChI is InChI=1S/C64H100N12O12S/c1-13-41(6)54(49(86-11)37-51(78)76-34-21-25-48(76)55(87-12)42(7)56(79)71-47(59-67-33-35-89-59)36-43-22-16-14-17-23-43)75(10)60(82)53(40(4)5)73-61(83)64(8,9)74-63(85)88-38-44-27-29-45(30-28-44)69-57(80)46(24-20-32-68-62(66)84)70-58(81)52(39(2)3)72-50(77)26-18-15-19-31-65/h14,16-17,22-23,27-30,33,35,39-42,46-49,52-55H,13,15,18-21,24-26,31-32,34,36-38,65H2,1-12H3,(H,69,80)(H,70,81)(H,71,79)(H,72,77)(H,73,83)(H,74,85)(H3,66,68,84)/t41-,42+,46-,47-,48-,49+,52-,53-,54-,55+/m0/s1. The Balaban J connectivity index is 1.37. The average molecular weight is 1260 g/mol. The third-order valence-electron chi connectivity index (χ3n) is 16.4. The first kappa shape index (κ1) is 74.2. The fraction of sp³-hybridized carbons (Fsp3) is 0.625. The van der Waals surface area contributed by atoms with Gasteiger partial charge in [-0.1, -0.05) is 104 Å². The summed E-state index contributed by atoms with van der Waals surface area (Å²) in [6.45, 7) is 16.8. The highest BCUT2D eigenvalue weighted by atomic mass is 32.1. The van der Waals surface area contributed by atoms with Crippen LogP contribution in [0.5, 0.6) is 0 Å². The van der Waals surface area contributed by atoms with Crippen molar-refractivity contribution in [3.8, 4) is 0 Å². The van der Waals surface area contributed by atoms with Crippen LogP contribution >= 0.6 is 11.3 Å². The highest BCUT2D eigenvalue weighted by Crippen LogP contribution is 2.31. The molecule has 2 heterocycles. The van der Waals surface area contributed by atoms with E-state index in [9.17, 15) is 43.2 Å². The van der Waals surface area contributed by atoms with Crippen molar-refractivity contribution in [2.24, 2.45) is 35.1 Å². The number of thiazole rings is 1. The Hall–Kier alpha value is -7.22. The molecule has 3 aromatic rings. The topological polar surface area (TPSA) is 337 Å². The number of alkyl carbamates (subject to hydrolysis) is 1. The van der Waals surface area contributed by atoms with Gasteiger partial charge >= 0.3 is 12.1 Å². The van der Waals surface area contributed by atoms with Gasteiger partial charge in [-0.05, 0) is 106 Å². The number of nitrogens with two attached hydrogens (primary N) is 2. The van der Waals surface area contributed by atoms with Crippen molar-refractivity contribution in [1.29, 1.82) is 0 Å². The molecule has 494 valence electrons. The normalized spacial score (nSPS) is 16.3. The summed E-state index contributed by atoms with van der Waals surface area (Å²) < 4.78 is 17.7. The molecule has 4 rings (SSSR count). The fourth-order valence-electron chi connectivity index (χ4n) is 11.0. The number of primary amides is 1. The van der Waals surface area contributed by atoms with Crippen LogP contribution in [0, 0.1) is 23.7 Å². The molecule has 25 heteroatoms. The highest BCUT2D eigenvalue weighted by Gasteiger charge is 2.44. The molecule has 24 nitrogen and oxygen atoms in total. The summed E-state index contributed by atoms with van der Waals surface area (Å²) in [5.74, 6) is -4.39. The summed E-state index contributed by atoms with van der Waals surface area (Å²) in [4.78, 5) is 130. The molecular weight excluding hydrogens is 1160 g/mol. The van der Waals surface area contributed by atoms with Crippen molar-refractivity contribution in [1.82, 2.24) is 46.7 Å². The zero-order valence-electron chi connectivity index (χ0n) is 54.2. The molecule has 0 aliphatic carbocycles. The minimum Gasteiger partial charge on any atom is -0.445 e. The second-order valence-corrected chi connectivity index (χ2v) is 25.2. The van der Waals surface area contributed by atoms with Crippen LogP contribution in [0.25, 0.3) is 0 Å². The van der Waals surface area contributed by atoms with E-state index in [1.54, 1.807) is 82.1 Å². The molecule has 1 aliphatic heterocycles. The van der Waals surface area contributed by atoms with Crippen LogP contribution in [0.15, 0.2) is 66.2 Å². The molecule has 1 fully saturated rings. The summed E-state index contributed by atoms with van der Waals surface area (Å²) in [6, 6.07) is 11.1. The van der Waals surface area contributed by atoms with Gasteiger partial charge in [0, 0.05) is 58.0 Å². The summed E-state index contributed by atoms with van der Waals surface area (Å²) in [7, 11) is 4.71. The first-order chi connectivity index (χ1) is 42.3. The molecule has 10 atom stereocenters. The Morgan fingerprint density at radius 2 is 1.49 bits per heavy atom. The third-order valence-corrected chi connectivity index (χ3v) is 17.3. The van der Waals surface area contributed by atoms with Gasteiger partial charge in [0.15, 0.2) is 0 Å². The van der Waals surface area contributed by atoms with Crippen LogP contribution in [-0.2, 0) is 60.8 Å². The van der Waals surface area contributed by atoms with Crippen LogP contribution in [0.3, 0.4) is 0 Å². The Kier molecular flexibility index (Phi) is 30.9. The lowest BCUT2D eigenvalue weighted by molar-refractivity contribution is -0.148. The first-order valence-electron chi connectivity index (χ1n) is 31.1. The highest BCUT2D eigenvalue weighted by molar-refractivity contribution is 7.09. The van der Waals surface area contributed by atoms with Gasteiger partial charge < -0.3 is 72.7 Å². The van der Waals surface area contributed by atoms with Gasteiger partial charge in [0.25, 0.3) is 0 Å². The number of urea groups is 1. The molecule has 10 amide bonds. The van der Waals surface area contributed by atoms with E-state index in [2.05, 4.69) is 42.2 Å². The number of unbranched alkanes of at least 4 members (excludes halogenated alkanes) is 2. The molecule has 2 aromatic carbocycles. The van der Waals surface area contributed by atoms with Gasteiger partial charge in [-0.3, -0.25) is 33.6 Å². The first-order valence-corrected chi connectivity index (χ1v) is 32.0. The number of hydrogen-bond acceptors (Lipinski definition) is 15. The molecule has 1 aliphatic rings. The van der Waals surface area contributed by atoms with Gasteiger partial charge in [-0.15, -0.1) is 11.3 Å². The number of benzene rings is 2. The summed E-state index contributed by atoms with van der Waals surface area (Å²) in [5, 5.41) is 22.2. The molecule has 89 heavy (non-hydrogen) atoms. The number of ether oxygens (including phenoxy) is 3. The molecule has 0 radical (unpaired) electrons. The van der Waals surface area contributed by atoms with E-state index < -0.39 is 95.5 Å². The van der Waals surface area contributed by atoms with Crippen LogP contribution in [-0.4, -0.2) is 157 Å². The van der Waals surface area contributed by atoms with E-state index >= 15 is 0 Å². The maximum atomic E-state index is 14.7. The number of nitrogens with one attached hydrogen (secondary N) is 7. The third kappa shape index (κ3) is 23.3. The van der Waals surface area contributed by atoms with Crippen molar-refractivity contribution in [3.05, 3.63) is 82.3 Å². The Bertz CT molecular complexity index is 2740. The predicted octanol–water partition coefficient (Wildman–Crippen LogP) is 5.84. The van der Waals surface area contributed by atoms with Crippen molar-refractivity contribution in [2.75, 3.05) is 46.2 Å². The second-order valence-electron chi connectivity index (χ2n) is 24.3. The van der Waals surface area contributed by atoms with Gasteiger partial charge in [0.1, 0.15) is 35.3 Å². The van der Waals surface area contributed by atoms with E-state index in [0.29, 0.717) is 62.9 Å². The molecule has 1 aromatic heterocycles. The number of carbonyl (C=O) groups is 9. The zero-order valence-corrected chi connectivity index (χ0v) is 55.0. The number of amides is 10. The Morgan fingerprint density at radius 3 is 2.09 bits per heavy atom. The number of likely N-dealkylation sites (N-methyl/N-ethyl adjacent to an activating group) is 1. The van der Waals surface area contributed by atoms with Crippen LogP contribution in [0.1, 0.15) is 149 Å². The van der Waals surface area contributed by atoms with Crippen LogP contribution in [0.4, 0.5) is 15.3 Å². The van der Waals surface area contributed by atoms with E-state index in [0.717, 1.165) is 23.4 Å². The van der Waals surface area contributed by atoms with Crippen LogP contribution in [0.2, 0.25) is 0 Å². The van der Waals surface area contributed by atoms with Gasteiger partial charge in [-0.2, -0.15) is 0 Å². The number of carbonyl (C=O) groups excluding carboxylic acids is 9. The molecule has 1 saturated heterocycles. The zero-order chi connectivity index (χ0) is 66.0. The number of aromatic nitrogens is 1. The largest absolute Gasteiger partial charge is 0.445 e. The minimum atomic E-state index is -1.57. The predicted molar refractivity (Wildman–Crippen MR) is 342 cm³/mol. The Morgan fingerprint density at radius 1 is 0.809 bits per heavy atom. The van der Waals surface area contributed by atoms with Crippen molar-refractivity contribution in [3.63, 3.8) is 0 Å². The van der Waals surface area contributed by atoms with Gasteiger partial charge in [0.05, 0.1) is 42.7 Å². The average Bonchev–Trinajstić information content (AvgIpc) is 2.53. The van der Waals surface area contributed by atoms with E-state index in [1.807, 2.05) is 56.5 Å². The molecule has 0 spiro atoms. The number of hydrogen-bond donors (Lipinski definition) is 9. The lowest BCUT2D eigenvalue weighted by Gasteiger charge is -2.41. The number of likely N-dealkylation sites (tertiary alicyclic amines) is 1. The van der Waals surface area contributed by atoms with Crippen LogP contribution < -0.4 is 48.7 Å². The van der Waals surface area contributed by atoms with Gasteiger partial charge in [0.2, 0.25) is 41.4 Å². The smallest absolute Gasteiger partial charge is 0.408 e. The van der Waals surface area contributed by atoms with Crippen molar-refractivity contribution >= 4 is 70.5 Å². The lowest BCUT2D eigenvalue weighted by atomic mass is 9.89. The molecular formula is C64H100N12O12S. The molecule has 11 N–H and O–H groups in total. The Labute approximate surface area is 529 Å². The fourth-order valence-corrected chi connectivity index (χ4v) is 11.7. The van der Waals surface area contributed by atoms with E-state index in [-0.39, 0.29) is 68.0 Å². The summed E-state index contributed by atoms with van der Waals surface area (Å²) in [6.07, 6.45) is 4.69. The molecule has 0 unspecified atom stereocenters. The quantitative estimate of drug-likeness (QED) is 0.0306. The number of methoxy groups -OCH3 is 2. The SMILES string of the molecule is CC[C@H](C)[C@@H]([C@@H](CC(=O)N1CCC[C@H]1[C@H](OC)[C@@H](C)C(=O)N[C@@H](Cc1ccccc1)c1nccs1)OC)N(C)C(=O)[C@@H](NC(=O)C(C)(C)NC(=O)OCc1ccc(NC(=O)[C@H](CCCNC(N)=O)NC(=O)[C@@H](NC(=O)CCCCCN)C(C)C)cc1)C(C)C. The molecule has 0 bridgehead atoms. The van der Waals surface area contributed by atoms with Gasteiger partial charge in [-0.25, -0.2) is 14.6 Å². The number of rotatable bonds is 37. The van der Waals surface area contributed by atoms with E-state index in [1.165, 1.54) is 32.3 Å². The molecule has 0 saturated carbocycles. The van der Waals surface area contributed by atoms with E-state index in [4.69, 9.17) is 25.7 Å². The van der Waals surface area contributed by atoms with Crippen molar-refractivity contribution < 1.29 is 57.4 Å². The monoisotopic (exact) mass is 1260 g/mol. The minimum absolute atomic E-state index is 0.0696. The van der Waals surface area contributed by atoms with Crippen molar-refractivity contribution in [2.45, 2.75) is 194 Å². The summed E-state index contributed by atoms with van der Waals surface area (Å²) >= 11 is 1.47. The maximum absolute atomic E-state index is 14.7. The number of anilines is 1. The maximum Gasteiger partial charge on any atom is 0.408 e. The summed E-state index contributed by atoms with van der Waals surface area (Å²) in [5.41, 5.74) is 11.2.